The molecule has 0 saturated carbocycles. The Morgan fingerprint density at radius 1 is 0.960 bits per heavy atom. The van der Waals surface area contributed by atoms with Crippen molar-refractivity contribution in [2.45, 2.75) is 19.5 Å². The van der Waals surface area contributed by atoms with E-state index in [1.54, 1.807) is 6.20 Å². The van der Waals surface area contributed by atoms with Gasteiger partial charge in [-0.05, 0) is 17.7 Å². The number of aromatic nitrogens is 2. The number of amides is 1. The molecule has 1 aromatic heterocycles. The zero-order valence-electron chi connectivity index (χ0n) is 14.1. The van der Waals surface area contributed by atoms with Crippen LogP contribution in [0.15, 0.2) is 73.1 Å². The summed E-state index contributed by atoms with van der Waals surface area (Å²) in [7, 11) is 0. The second-order valence-corrected chi connectivity index (χ2v) is 5.85. The first kappa shape index (κ1) is 16.8. The molecule has 0 radical (unpaired) electrons. The van der Waals surface area contributed by atoms with Crippen molar-refractivity contribution in [3.8, 4) is 0 Å². The standard InChI is InChI=1S/C20H22N4O/c25-20(11-12-21-19-9-5-2-6-10-19)22-13-18-14-23-24(16-18)15-17-7-3-1-4-8-17/h1-10,14,16,21H,11-13,15H2,(H,22,25). The van der Waals surface area contributed by atoms with Crippen molar-refractivity contribution in [2.75, 3.05) is 11.9 Å². The van der Waals surface area contributed by atoms with Gasteiger partial charge in [0.05, 0.1) is 12.7 Å². The third-order valence-corrected chi connectivity index (χ3v) is 3.82. The van der Waals surface area contributed by atoms with Gasteiger partial charge in [0, 0.05) is 37.0 Å². The number of carbonyl (C=O) groups is 1. The van der Waals surface area contributed by atoms with Crippen LogP contribution in [0, 0.1) is 0 Å². The minimum Gasteiger partial charge on any atom is -0.385 e. The van der Waals surface area contributed by atoms with Gasteiger partial charge >= 0.3 is 0 Å². The lowest BCUT2D eigenvalue weighted by Gasteiger charge is -2.06. The number of nitrogens with zero attached hydrogens (tertiary/aromatic N) is 2. The van der Waals surface area contributed by atoms with Crippen LogP contribution in [-0.4, -0.2) is 22.2 Å². The monoisotopic (exact) mass is 334 g/mol. The summed E-state index contributed by atoms with van der Waals surface area (Å²) in [6.45, 7) is 1.85. The molecule has 0 spiro atoms. The summed E-state index contributed by atoms with van der Waals surface area (Å²) >= 11 is 0. The highest BCUT2D eigenvalue weighted by Gasteiger charge is 2.04. The van der Waals surface area contributed by atoms with Crippen molar-refractivity contribution in [1.29, 1.82) is 0 Å². The molecule has 2 aromatic carbocycles. The molecule has 5 heteroatoms. The average Bonchev–Trinajstić information content (AvgIpc) is 3.09. The lowest BCUT2D eigenvalue weighted by atomic mass is 10.2. The smallest absolute Gasteiger partial charge is 0.222 e. The van der Waals surface area contributed by atoms with E-state index in [0.29, 0.717) is 19.5 Å². The number of benzene rings is 2. The summed E-state index contributed by atoms with van der Waals surface area (Å²) in [4.78, 5) is 11.9. The normalized spacial score (nSPS) is 10.4. The summed E-state index contributed by atoms with van der Waals surface area (Å²) in [6, 6.07) is 20.1. The number of hydrogen-bond donors (Lipinski definition) is 2. The van der Waals surface area contributed by atoms with Crippen molar-refractivity contribution in [2.24, 2.45) is 0 Å². The van der Waals surface area contributed by atoms with Crippen LogP contribution in [0.25, 0.3) is 0 Å². The van der Waals surface area contributed by atoms with E-state index in [1.165, 1.54) is 5.56 Å². The van der Waals surface area contributed by atoms with E-state index in [4.69, 9.17) is 0 Å². The Kier molecular flexibility index (Phi) is 5.82. The minimum absolute atomic E-state index is 0.0271. The lowest BCUT2D eigenvalue weighted by molar-refractivity contribution is -0.121. The molecule has 1 heterocycles. The van der Waals surface area contributed by atoms with Gasteiger partial charge < -0.3 is 10.6 Å². The summed E-state index contributed by atoms with van der Waals surface area (Å²) < 4.78 is 1.88. The molecule has 3 aromatic rings. The van der Waals surface area contributed by atoms with Crippen LogP contribution in [0.1, 0.15) is 17.5 Å². The van der Waals surface area contributed by atoms with Crippen LogP contribution in [0.4, 0.5) is 5.69 Å². The molecule has 5 nitrogen and oxygen atoms in total. The fraction of sp³-hybridized carbons (Fsp3) is 0.200. The topological polar surface area (TPSA) is 59.0 Å². The Balaban J connectivity index is 1.39. The van der Waals surface area contributed by atoms with Gasteiger partial charge in [0.25, 0.3) is 0 Å². The molecule has 0 saturated heterocycles. The molecule has 0 bridgehead atoms. The number of anilines is 1. The number of rotatable bonds is 8. The van der Waals surface area contributed by atoms with Crippen LogP contribution in [0.2, 0.25) is 0 Å². The highest BCUT2D eigenvalue weighted by molar-refractivity contribution is 5.76. The summed E-state index contributed by atoms with van der Waals surface area (Å²) in [6.07, 6.45) is 4.20. The molecule has 0 unspecified atom stereocenters. The van der Waals surface area contributed by atoms with E-state index in [2.05, 4.69) is 27.9 Å². The van der Waals surface area contributed by atoms with Gasteiger partial charge in [-0.3, -0.25) is 9.48 Å². The predicted molar refractivity (Wildman–Crippen MR) is 99.2 cm³/mol. The molecule has 3 rings (SSSR count). The largest absolute Gasteiger partial charge is 0.385 e. The quantitative estimate of drug-likeness (QED) is 0.666. The van der Waals surface area contributed by atoms with Crippen LogP contribution in [-0.2, 0) is 17.9 Å². The van der Waals surface area contributed by atoms with Gasteiger partial charge in [-0.15, -0.1) is 0 Å². The van der Waals surface area contributed by atoms with Gasteiger partial charge in [-0.1, -0.05) is 48.5 Å². The maximum atomic E-state index is 11.9. The number of para-hydroxylation sites is 1. The number of nitrogens with one attached hydrogen (secondary N) is 2. The first-order chi connectivity index (χ1) is 12.3. The molecule has 1 amide bonds. The Morgan fingerprint density at radius 2 is 1.68 bits per heavy atom. The molecule has 128 valence electrons. The van der Waals surface area contributed by atoms with Crippen molar-refractivity contribution in [3.63, 3.8) is 0 Å². The van der Waals surface area contributed by atoms with Gasteiger partial charge in [0.2, 0.25) is 5.91 Å². The Labute approximate surface area is 147 Å². The molecule has 0 aliphatic carbocycles. The third-order valence-electron chi connectivity index (χ3n) is 3.82. The van der Waals surface area contributed by atoms with Crippen LogP contribution < -0.4 is 10.6 Å². The van der Waals surface area contributed by atoms with Gasteiger partial charge in [-0.2, -0.15) is 5.10 Å². The molecular formula is C20H22N4O. The Morgan fingerprint density at radius 3 is 2.44 bits per heavy atom. The molecule has 25 heavy (non-hydrogen) atoms. The molecule has 0 fully saturated rings. The van der Waals surface area contributed by atoms with Crippen LogP contribution in [0.3, 0.4) is 0 Å². The Hall–Kier alpha value is -3.08. The SMILES string of the molecule is O=C(CCNc1ccccc1)NCc1cnn(Cc2ccccc2)c1. The Bertz CT molecular complexity index is 784. The zero-order valence-corrected chi connectivity index (χ0v) is 14.1. The van der Waals surface area contributed by atoms with E-state index in [1.807, 2.05) is 59.4 Å². The number of hydrogen-bond acceptors (Lipinski definition) is 3. The predicted octanol–water partition coefficient (Wildman–Crippen LogP) is 3.05. The maximum Gasteiger partial charge on any atom is 0.222 e. The third kappa shape index (κ3) is 5.49. The molecule has 0 aliphatic heterocycles. The molecular weight excluding hydrogens is 312 g/mol. The summed E-state index contributed by atoms with van der Waals surface area (Å²) in [5.74, 6) is 0.0271. The van der Waals surface area contributed by atoms with E-state index >= 15 is 0 Å². The second kappa shape index (κ2) is 8.68. The van der Waals surface area contributed by atoms with Gasteiger partial charge in [-0.25, -0.2) is 0 Å². The average molecular weight is 334 g/mol. The van der Waals surface area contributed by atoms with Crippen LogP contribution in [0.5, 0.6) is 0 Å². The zero-order chi connectivity index (χ0) is 17.3. The molecule has 0 atom stereocenters. The first-order valence-electron chi connectivity index (χ1n) is 8.40. The molecule has 0 aliphatic rings. The first-order valence-corrected chi connectivity index (χ1v) is 8.40. The van der Waals surface area contributed by atoms with E-state index in [0.717, 1.165) is 17.8 Å². The maximum absolute atomic E-state index is 11.9. The van der Waals surface area contributed by atoms with E-state index in [-0.39, 0.29) is 5.91 Å². The number of carbonyl (C=O) groups excluding carboxylic acids is 1. The highest BCUT2D eigenvalue weighted by Crippen LogP contribution is 2.05. The fourth-order valence-corrected chi connectivity index (χ4v) is 2.52. The lowest BCUT2D eigenvalue weighted by Crippen LogP contribution is -2.24. The van der Waals surface area contributed by atoms with E-state index in [9.17, 15) is 4.79 Å². The van der Waals surface area contributed by atoms with Gasteiger partial charge in [0.15, 0.2) is 0 Å². The van der Waals surface area contributed by atoms with Crippen molar-refractivity contribution >= 4 is 11.6 Å². The summed E-state index contributed by atoms with van der Waals surface area (Å²) in [5, 5.41) is 10.5. The second-order valence-electron chi connectivity index (χ2n) is 5.85. The molecule has 2 N–H and O–H groups in total. The fourth-order valence-electron chi connectivity index (χ4n) is 2.52. The van der Waals surface area contributed by atoms with Crippen LogP contribution >= 0.6 is 0 Å². The van der Waals surface area contributed by atoms with Gasteiger partial charge in [0.1, 0.15) is 0 Å². The van der Waals surface area contributed by atoms with Crippen molar-refractivity contribution in [3.05, 3.63) is 84.2 Å². The summed E-state index contributed by atoms with van der Waals surface area (Å²) in [5.41, 5.74) is 3.23. The highest BCUT2D eigenvalue weighted by atomic mass is 16.1. The van der Waals surface area contributed by atoms with E-state index < -0.39 is 0 Å². The minimum atomic E-state index is 0.0271. The van der Waals surface area contributed by atoms with Crippen molar-refractivity contribution in [1.82, 2.24) is 15.1 Å². The van der Waals surface area contributed by atoms with Crippen molar-refractivity contribution < 1.29 is 4.79 Å².